The molecule has 5 aliphatic heterocycles. The lowest BCUT2D eigenvalue weighted by molar-refractivity contribution is -0.136. The van der Waals surface area contributed by atoms with Crippen molar-refractivity contribution >= 4 is 40.9 Å². The number of anilines is 1. The molecule has 314 valence electrons. The van der Waals surface area contributed by atoms with E-state index in [2.05, 4.69) is 70.3 Å². The molecule has 13 heteroatoms. The number of hydrogen-bond acceptors (Lipinski definition) is 10. The van der Waals surface area contributed by atoms with Crippen LogP contribution in [-0.2, 0) is 15.0 Å². The SMILES string of the molecule is CC(C)(c1ccc(OCC2CCN(CC3CN(C4CCN(c5cccc6c5C(=O)N(C5CCC(=O)NC5=O)C6=O)CC4)C3)CC2)cc1)c1ccc(OC[C@H](O)CCl)cc1. The van der Waals surface area contributed by atoms with Crippen molar-refractivity contribution in [2.45, 2.75) is 76.0 Å². The Morgan fingerprint density at radius 2 is 1.44 bits per heavy atom. The lowest BCUT2D eigenvalue weighted by Gasteiger charge is -2.49. The standard InChI is InChI=1S/C46H56ClN5O7/c1-46(2,33-8-12-37(13-9-33)59-29-35(53)24-47)32-6-10-36(11-7-32)58-28-30-16-20-49(21-17-30)25-31-26-51(27-31)34-18-22-50(23-19-34)39-5-3-4-38-42(39)45(57)52(44(38)56)40-14-15-41(54)48-43(40)55/h3-13,30-31,34-35,40,53H,14-29H2,1-2H3,(H,48,54,55)/t35-,40?/m1/s1. The molecule has 2 atom stereocenters. The van der Waals surface area contributed by atoms with E-state index in [9.17, 15) is 24.3 Å². The molecule has 59 heavy (non-hydrogen) atoms. The molecule has 2 N–H and O–H groups in total. The van der Waals surface area contributed by atoms with Gasteiger partial charge in [-0.2, -0.15) is 0 Å². The summed E-state index contributed by atoms with van der Waals surface area (Å²) >= 11 is 5.67. The first-order valence-corrected chi connectivity index (χ1v) is 21.8. The monoisotopic (exact) mass is 825 g/mol. The Balaban J connectivity index is 0.739. The number of ether oxygens (including phenoxy) is 2. The maximum Gasteiger partial charge on any atom is 0.264 e. The highest BCUT2D eigenvalue weighted by Crippen LogP contribution is 2.37. The number of likely N-dealkylation sites (tertiary alicyclic amines) is 2. The normalized spacial score (nSPS) is 22.0. The number of alkyl halides is 1. The first kappa shape index (κ1) is 41.3. The van der Waals surface area contributed by atoms with Crippen LogP contribution >= 0.6 is 11.6 Å². The van der Waals surface area contributed by atoms with Crippen LogP contribution in [0.1, 0.15) is 84.2 Å². The van der Waals surface area contributed by atoms with Gasteiger partial charge >= 0.3 is 0 Å². The van der Waals surface area contributed by atoms with E-state index < -0.39 is 29.9 Å². The molecule has 0 saturated carbocycles. The number of aliphatic hydroxyl groups excluding tert-OH is 1. The van der Waals surface area contributed by atoms with E-state index >= 15 is 0 Å². The van der Waals surface area contributed by atoms with Gasteiger partial charge in [0.25, 0.3) is 11.8 Å². The Bertz CT molecular complexity index is 2000. The molecule has 5 aliphatic rings. The fourth-order valence-electron chi connectivity index (χ4n) is 9.51. The zero-order chi connectivity index (χ0) is 41.3. The van der Waals surface area contributed by atoms with Gasteiger partial charge in [-0.1, -0.05) is 44.2 Å². The molecule has 4 fully saturated rings. The highest BCUT2D eigenvalue weighted by molar-refractivity contribution is 6.25. The molecule has 0 aromatic heterocycles. The van der Waals surface area contributed by atoms with E-state index in [1.54, 1.807) is 6.07 Å². The number of hydrogen-bond donors (Lipinski definition) is 2. The summed E-state index contributed by atoms with van der Waals surface area (Å²) in [7, 11) is 0. The summed E-state index contributed by atoms with van der Waals surface area (Å²) < 4.78 is 11.9. The number of nitrogens with one attached hydrogen (secondary N) is 1. The van der Waals surface area contributed by atoms with Crippen molar-refractivity contribution in [3.63, 3.8) is 0 Å². The number of aliphatic hydroxyl groups is 1. The molecule has 8 rings (SSSR count). The third-order valence-corrected chi connectivity index (χ3v) is 13.6. The minimum absolute atomic E-state index is 0.104. The van der Waals surface area contributed by atoms with Gasteiger partial charge < -0.3 is 24.4 Å². The number of amides is 4. The molecule has 0 bridgehead atoms. The third kappa shape index (κ3) is 8.87. The van der Waals surface area contributed by atoms with Crippen LogP contribution in [0, 0.1) is 11.8 Å². The summed E-state index contributed by atoms with van der Waals surface area (Å²) in [6.45, 7) is 12.5. The van der Waals surface area contributed by atoms with Crippen LogP contribution in [0.2, 0.25) is 0 Å². The van der Waals surface area contributed by atoms with Gasteiger partial charge in [-0.3, -0.25) is 34.3 Å². The predicted molar refractivity (Wildman–Crippen MR) is 225 cm³/mol. The van der Waals surface area contributed by atoms with Gasteiger partial charge in [0.1, 0.15) is 30.3 Å². The molecule has 0 aliphatic carbocycles. The van der Waals surface area contributed by atoms with Gasteiger partial charge in [0.05, 0.1) is 29.3 Å². The summed E-state index contributed by atoms with van der Waals surface area (Å²) in [5, 5.41) is 11.9. The topological polar surface area (TPSA) is 132 Å². The first-order chi connectivity index (χ1) is 28.5. The van der Waals surface area contributed by atoms with Crippen molar-refractivity contribution in [3.05, 3.63) is 89.0 Å². The van der Waals surface area contributed by atoms with Crippen LogP contribution in [0.15, 0.2) is 66.7 Å². The van der Waals surface area contributed by atoms with E-state index in [-0.39, 0.29) is 36.7 Å². The molecular formula is C46H56ClN5O7. The first-order valence-electron chi connectivity index (χ1n) is 21.2. The Morgan fingerprint density at radius 3 is 2.07 bits per heavy atom. The summed E-state index contributed by atoms with van der Waals surface area (Å²) in [5.74, 6) is 1.12. The molecule has 12 nitrogen and oxygen atoms in total. The number of rotatable bonds is 14. The second-order valence-corrected chi connectivity index (χ2v) is 17.8. The minimum atomic E-state index is -0.962. The van der Waals surface area contributed by atoms with Crippen LogP contribution in [0.3, 0.4) is 0 Å². The highest BCUT2D eigenvalue weighted by Gasteiger charge is 2.46. The molecule has 0 radical (unpaired) electrons. The van der Waals surface area contributed by atoms with Crippen molar-refractivity contribution < 1.29 is 33.8 Å². The summed E-state index contributed by atoms with van der Waals surface area (Å²) in [6.07, 6.45) is 3.85. The highest BCUT2D eigenvalue weighted by atomic mass is 35.5. The van der Waals surface area contributed by atoms with Gasteiger partial charge in [0.15, 0.2) is 0 Å². The molecule has 1 unspecified atom stereocenters. The van der Waals surface area contributed by atoms with Crippen LogP contribution in [-0.4, -0.2) is 127 Å². The van der Waals surface area contributed by atoms with Crippen molar-refractivity contribution in [2.24, 2.45) is 11.8 Å². The van der Waals surface area contributed by atoms with Crippen LogP contribution in [0.5, 0.6) is 11.5 Å². The Morgan fingerprint density at radius 1 is 0.797 bits per heavy atom. The van der Waals surface area contributed by atoms with Crippen molar-refractivity contribution in [1.82, 2.24) is 20.0 Å². The van der Waals surface area contributed by atoms with Gasteiger partial charge in [0, 0.05) is 50.6 Å². The zero-order valence-corrected chi connectivity index (χ0v) is 34.9. The van der Waals surface area contributed by atoms with Crippen molar-refractivity contribution in [2.75, 3.05) is 69.8 Å². The molecular weight excluding hydrogens is 770 g/mol. The molecule has 3 aromatic rings. The lowest BCUT2D eigenvalue weighted by Crippen LogP contribution is -2.58. The van der Waals surface area contributed by atoms with Crippen LogP contribution in [0.25, 0.3) is 0 Å². The molecule has 4 saturated heterocycles. The quantitative estimate of drug-likeness (QED) is 0.168. The molecule has 0 spiro atoms. The predicted octanol–water partition coefficient (Wildman–Crippen LogP) is 5.08. The number of halogens is 1. The maximum absolute atomic E-state index is 13.6. The average molecular weight is 826 g/mol. The van der Waals surface area contributed by atoms with Gasteiger partial charge in [-0.15, -0.1) is 11.6 Å². The van der Waals surface area contributed by atoms with E-state index in [4.69, 9.17) is 21.1 Å². The Labute approximate surface area is 351 Å². The Hall–Kier alpha value is -4.49. The molecule has 3 aromatic carbocycles. The van der Waals surface area contributed by atoms with E-state index in [0.29, 0.717) is 34.8 Å². The lowest BCUT2D eigenvalue weighted by atomic mass is 9.78. The summed E-state index contributed by atoms with van der Waals surface area (Å²) in [5.41, 5.74) is 3.65. The average Bonchev–Trinajstić information content (AvgIpc) is 3.49. The largest absolute Gasteiger partial charge is 0.493 e. The molecule has 4 amide bonds. The van der Waals surface area contributed by atoms with E-state index in [0.717, 1.165) is 94.4 Å². The number of nitrogens with zero attached hydrogens (tertiary/aromatic N) is 4. The maximum atomic E-state index is 13.6. The number of imide groups is 2. The van der Waals surface area contributed by atoms with Crippen LogP contribution < -0.4 is 19.7 Å². The second kappa shape index (κ2) is 17.6. The smallest absolute Gasteiger partial charge is 0.264 e. The summed E-state index contributed by atoms with van der Waals surface area (Å²) in [4.78, 5) is 59.7. The van der Waals surface area contributed by atoms with Gasteiger partial charge in [0.2, 0.25) is 11.8 Å². The number of carbonyl (C=O) groups excluding carboxylic acids is 4. The van der Waals surface area contributed by atoms with E-state index in [1.807, 2.05) is 24.3 Å². The fraction of sp³-hybridized carbons (Fsp3) is 0.522. The third-order valence-electron chi connectivity index (χ3n) is 13.2. The summed E-state index contributed by atoms with van der Waals surface area (Å²) in [6, 6.07) is 21.4. The zero-order valence-electron chi connectivity index (χ0n) is 34.1. The Kier molecular flexibility index (Phi) is 12.3. The van der Waals surface area contributed by atoms with E-state index in [1.165, 1.54) is 11.1 Å². The second-order valence-electron chi connectivity index (χ2n) is 17.5. The molecule has 5 heterocycles. The number of carbonyl (C=O) groups is 4. The van der Waals surface area contributed by atoms with Crippen LogP contribution in [0.4, 0.5) is 5.69 Å². The van der Waals surface area contributed by atoms with Gasteiger partial charge in [-0.25, -0.2) is 0 Å². The number of benzene rings is 3. The number of piperidine rings is 3. The van der Waals surface area contributed by atoms with Gasteiger partial charge in [-0.05, 0) is 105 Å². The minimum Gasteiger partial charge on any atom is -0.493 e. The van der Waals surface area contributed by atoms with Crippen molar-refractivity contribution in [1.29, 1.82) is 0 Å². The number of fused-ring (bicyclic) bond motifs is 1. The fourth-order valence-corrected chi connectivity index (χ4v) is 9.60. The van der Waals surface area contributed by atoms with Crippen molar-refractivity contribution in [3.8, 4) is 11.5 Å².